The van der Waals surface area contributed by atoms with Crippen LogP contribution in [0.15, 0.2) is 48.5 Å². The number of benzene rings is 2. The van der Waals surface area contributed by atoms with Crippen molar-refractivity contribution in [2.45, 2.75) is 26.7 Å². The molecular weight excluding hydrogens is 314 g/mol. The van der Waals surface area contributed by atoms with Gasteiger partial charge in [-0.3, -0.25) is 9.59 Å². The molecule has 0 spiro atoms. The third-order valence-corrected chi connectivity index (χ3v) is 4.10. The molecule has 25 heavy (non-hydrogen) atoms. The van der Waals surface area contributed by atoms with Crippen molar-refractivity contribution in [1.82, 2.24) is 4.98 Å². The van der Waals surface area contributed by atoms with Gasteiger partial charge in [-0.1, -0.05) is 24.3 Å². The van der Waals surface area contributed by atoms with Gasteiger partial charge in [-0.05, 0) is 43.2 Å². The molecule has 128 valence electrons. The van der Waals surface area contributed by atoms with Crippen molar-refractivity contribution in [3.05, 3.63) is 59.8 Å². The van der Waals surface area contributed by atoms with Gasteiger partial charge in [-0.25, -0.2) is 0 Å². The summed E-state index contributed by atoms with van der Waals surface area (Å²) in [7, 11) is 0. The van der Waals surface area contributed by atoms with Crippen LogP contribution in [0.5, 0.6) is 0 Å². The summed E-state index contributed by atoms with van der Waals surface area (Å²) in [6.45, 7) is 3.49. The lowest BCUT2D eigenvalue weighted by molar-refractivity contribution is -0.116. The number of aromatic amines is 1. The molecule has 0 aliphatic heterocycles. The molecule has 0 radical (unpaired) electrons. The summed E-state index contributed by atoms with van der Waals surface area (Å²) in [5.74, 6) is -0.192. The van der Waals surface area contributed by atoms with E-state index in [2.05, 4.69) is 21.7 Å². The van der Waals surface area contributed by atoms with E-state index in [-0.39, 0.29) is 11.8 Å². The molecule has 3 aromatic rings. The van der Waals surface area contributed by atoms with Gasteiger partial charge in [0, 0.05) is 41.3 Å². The number of nitrogens with one attached hydrogen (secondary N) is 3. The molecular formula is C20H21N3O2. The number of carbonyl (C=O) groups excluding carboxylic acids is 2. The number of aromatic nitrogens is 1. The van der Waals surface area contributed by atoms with Crippen molar-refractivity contribution in [3.63, 3.8) is 0 Å². The Kier molecular flexibility index (Phi) is 4.84. The number of aryl methyl sites for hydroxylation is 2. The Morgan fingerprint density at radius 1 is 1.00 bits per heavy atom. The fourth-order valence-electron chi connectivity index (χ4n) is 3.00. The third-order valence-electron chi connectivity index (χ3n) is 4.10. The number of rotatable bonds is 5. The molecule has 0 saturated heterocycles. The van der Waals surface area contributed by atoms with Crippen molar-refractivity contribution in [2.24, 2.45) is 0 Å². The molecule has 0 saturated carbocycles. The molecule has 0 unspecified atom stereocenters. The second-order valence-corrected chi connectivity index (χ2v) is 6.08. The topological polar surface area (TPSA) is 74.0 Å². The lowest BCUT2D eigenvalue weighted by atomic mass is 10.1. The minimum Gasteiger partial charge on any atom is -0.358 e. The smallest absolute Gasteiger partial charge is 0.224 e. The van der Waals surface area contributed by atoms with Crippen molar-refractivity contribution in [1.29, 1.82) is 0 Å². The lowest BCUT2D eigenvalue weighted by Crippen LogP contribution is -2.13. The first-order valence-electron chi connectivity index (χ1n) is 8.26. The molecule has 0 atom stereocenters. The van der Waals surface area contributed by atoms with Crippen LogP contribution in [0, 0.1) is 6.92 Å². The van der Waals surface area contributed by atoms with Gasteiger partial charge in [0.1, 0.15) is 0 Å². The maximum Gasteiger partial charge on any atom is 0.224 e. The Hall–Kier alpha value is -3.08. The van der Waals surface area contributed by atoms with Gasteiger partial charge >= 0.3 is 0 Å². The van der Waals surface area contributed by atoms with Crippen molar-refractivity contribution in [3.8, 4) is 0 Å². The Balaban J connectivity index is 1.65. The largest absolute Gasteiger partial charge is 0.358 e. The van der Waals surface area contributed by atoms with Gasteiger partial charge in [-0.15, -0.1) is 0 Å². The first kappa shape index (κ1) is 16.8. The molecule has 5 heteroatoms. The summed E-state index contributed by atoms with van der Waals surface area (Å²) in [5.41, 5.74) is 4.71. The number of amides is 2. The maximum atomic E-state index is 12.3. The van der Waals surface area contributed by atoms with Gasteiger partial charge in [-0.2, -0.15) is 0 Å². The van der Waals surface area contributed by atoms with Crippen LogP contribution in [0.25, 0.3) is 10.9 Å². The summed E-state index contributed by atoms with van der Waals surface area (Å²) in [6.07, 6.45) is 1.07. The number of H-pyrrole nitrogens is 1. The van der Waals surface area contributed by atoms with Gasteiger partial charge in [0.15, 0.2) is 0 Å². The van der Waals surface area contributed by atoms with Crippen LogP contribution < -0.4 is 10.6 Å². The number of hydrogen-bond acceptors (Lipinski definition) is 2. The molecule has 0 fully saturated rings. The van der Waals surface area contributed by atoms with E-state index < -0.39 is 0 Å². The number of anilines is 2. The average molecular weight is 335 g/mol. The fraction of sp³-hybridized carbons (Fsp3) is 0.200. The second-order valence-electron chi connectivity index (χ2n) is 6.08. The Labute approximate surface area is 146 Å². The standard InChI is InChI=1S/C20H21N3O2/c1-13-17(18-8-3-4-9-19(18)21-13)10-11-20(25)23-16-7-5-6-15(12-16)22-14(2)24/h3-9,12,21H,10-11H2,1-2H3,(H,22,24)(H,23,25). The van der Waals surface area contributed by atoms with Gasteiger partial charge in [0.2, 0.25) is 11.8 Å². The predicted molar refractivity (Wildman–Crippen MR) is 101 cm³/mol. The van der Waals surface area contributed by atoms with Crippen molar-refractivity contribution >= 4 is 34.1 Å². The average Bonchev–Trinajstić information content (AvgIpc) is 2.88. The van der Waals surface area contributed by atoms with E-state index in [1.54, 1.807) is 24.3 Å². The Morgan fingerprint density at radius 3 is 2.48 bits per heavy atom. The number of hydrogen-bond donors (Lipinski definition) is 3. The van der Waals surface area contributed by atoms with Gasteiger partial charge in [0.25, 0.3) is 0 Å². The highest BCUT2D eigenvalue weighted by atomic mass is 16.2. The molecule has 2 amide bonds. The minimum absolute atomic E-state index is 0.0512. The Bertz CT molecular complexity index is 928. The van der Waals surface area contributed by atoms with Crippen LogP contribution in [0.2, 0.25) is 0 Å². The summed E-state index contributed by atoms with van der Waals surface area (Å²) in [5, 5.41) is 6.76. The van der Waals surface area contributed by atoms with E-state index in [0.29, 0.717) is 24.2 Å². The maximum absolute atomic E-state index is 12.3. The molecule has 1 aromatic heterocycles. The highest BCUT2D eigenvalue weighted by molar-refractivity contribution is 5.94. The number of carbonyl (C=O) groups is 2. The summed E-state index contributed by atoms with van der Waals surface area (Å²) < 4.78 is 0. The van der Waals surface area contributed by atoms with Crippen LogP contribution >= 0.6 is 0 Å². The first-order chi connectivity index (χ1) is 12.0. The predicted octanol–water partition coefficient (Wildman–Crippen LogP) is 4.01. The molecule has 0 aliphatic rings. The monoisotopic (exact) mass is 335 g/mol. The van der Waals surface area contributed by atoms with Crippen LogP contribution in [-0.4, -0.2) is 16.8 Å². The SMILES string of the molecule is CC(=O)Nc1cccc(NC(=O)CCc2c(C)[nH]c3ccccc23)c1. The molecule has 3 rings (SSSR count). The fourth-order valence-corrected chi connectivity index (χ4v) is 3.00. The van der Waals surface area contributed by atoms with Gasteiger partial charge < -0.3 is 15.6 Å². The number of para-hydroxylation sites is 1. The van der Waals surface area contributed by atoms with E-state index in [9.17, 15) is 9.59 Å². The van der Waals surface area contributed by atoms with E-state index in [4.69, 9.17) is 0 Å². The Morgan fingerprint density at radius 2 is 1.72 bits per heavy atom. The minimum atomic E-state index is -0.140. The summed E-state index contributed by atoms with van der Waals surface area (Å²) >= 11 is 0. The molecule has 2 aromatic carbocycles. The highest BCUT2D eigenvalue weighted by Crippen LogP contribution is 2.23. The van der Waals surface area contributed by atoms with Gasteiger partial charge in [0.05, 0.1) is 0 Å². The van der Waals surface area contributed by atoms with Crippen LogP contribution in [-0.2, 0) is 16.0 Å². The van der Waals surface area contributed by atoms with E-state index >= 15 is 0 Å². The van der Waals surface area contributed by atoms with Crippen molar-refractivity contribution in [2.75, 3.05) is 10.6 Å². The first-order valence-corrected chi connectivity index (χ1v) is 8.26. The summed E-state index contributed by atoms with van der Waals surface area (Å²) in [6, 6.07) is 15.2. The van der Waals surface area contributed by atoms with Crippen LogP contribution in [0.3, 0.4) is 0 Å². The zero-order chi connectivity index (χ0) is 17.8. The molecule has 5 nitrogen and oxygen atoms in total. The quantitative estimate of drug-likeness (QED) is 0.659. The van der Waals surface area contributed by atoms with E-state index in [1.165, 1.54) is 17.9 Å². The second kappa shape index (κ2) is 7.21. The van der Waals surface area contributed by atoms with E-state index in [1.807, 2.05) is 25.1 Å². The molecule has 0 aliphatic carbocycles. The molecule has 3 N–H and O–H groups in total. The molecule has 0 bridgehead atoms. The zero-order valence-corrected chi connectivity index (χ0v) is 14.3. The third kappa shape index (κ3) is 4.07. The zero-order valence-electron chi connectivity index (χ0n) is 14.3. The van der Waals surface area contributed by atoms with Crippen molar-refractivity contribution < 1.29 is 9.59 Å². The lowest BCUT2D eigenvalue weighted by Gasteiger charge is -2.08. The highest BCUT2D eigenvalue weighted by Gasteiger charge is 2.10. The number of fused-ring (bicyclic) bond motifs is 1. The van der Waals surface area contributed by atoms with Crippen LogP contribution in [0.4, 0.5) is 11.4 Å². The van der Waals surface area contributed by atoms with E-state index in [0.717, 1.165) is 11.2 Å². The molecule has 1 heterocycles. The van der Waals surface area contributed by atoms with Crippen LogP contribution in [0.1, 0.15) is 24.6 Å². The normalized spacial score (nSPS) is 10.6. The summed E-state index contributed by atoms with van der Waals surface area (Å²) in [4.78, 5) is 26.8.